The highest BCUT2D eigenvalue weighted by molar-refractivity contribution is 5.61. The fraction of sp³-hybridized carbons (Fsp3) is 0.333. The molecule has 4 heteroatoms. The van der Waals surface area contributed by atoms with Crippen molar-refractivity contribution in [2.24, 2.45) is 7.05 Å². The topological polar surface area (TPSA) is 42.7 Å². The van der Waals surface area contributed by atoms with E-state index in [1.165, 1.54) is 5.69 Å². The third-order valence-corrected chi connectivity index (χ3v) is 2.62. The van der Waals surface area contributed by atoms with Crippen molar-refractivity contribution in [3.8, 4) is 11.3 Å². The monoisotopic (exact) mass is 216 g/mol. The predicted molar refractivity (Wildman–Crippen MR) is 64.1 cm³/mol. The Morgan fingerprint density at radius 3 is 2.75 bits per heavy atom. The minimum atomic E-state index is 0.956. The second-order valence-electron chi connectivity index (χ2n) is 3.74. The lowest BCUT2D eigenvalue weighted by atomic mass is 10.1. The maximum Gasteiger partial charge on any atom is 0.0953 e. The number of aromatic nitrogens is 3. The van der Waals surface area contributed by atoms with E-state index in [2.05, 4.69) is 19.9 Å². The average molecular weight is 216 g/mol. The summed E-state index contributed by atoms with van der Waals surface area (Å²) >= 11 is 0. The van der Waals surface area contributed by atoms with Crippen LogP contribution in [0.4, 0.5) is 0 Å². The molecule has 84 valence electrons. The van der Waals surface area contributed by atoms with Gasteiger partial charge < -0.3 is 9.88 Å². The SMILES string of the molecule is CNCCc1c(-c2ccncc2)ncn1C. The molecule has 0 radical (unpaired) electrons. The molecule has 0 bridgehead atoms. The number of rotatable bonds is 4. The van der Waals surface area contributed by atoms with Crippen LogP contribution in [0.1, 0.15) is 5.69 Å². The molecular weight excluding hydrogens is 200 g/mol. The Bertz CT molecular complexity index is 447. The summed E-state index contributed by atoms with van der Waals surface area (Å²) in [5.74, 6) is 0. The van der Waals surface area contributed by atoms with E-state index in [9.17, 15) is 0 Å². The van der Waals surface area contributed by atoms with Gasteiger partial charge in [-0.2, -0.15) is 0 Å². The van der Waals surface area contributed by atoms with Crippen LogP contribution in [-0.4, -0.2) is 28.1 Å². The molecule has 2 aromatic heterocycles. The number of aryl methyl sites for hydroxylation is 1. The highest BCUT2D eigenvalue weighted by atomic mass is 15.0. The maximum atomic E-state index is 4.45. The molecular formula is C12H16N4. The first-order valence-electron chi connectivity index (χ1n) is 5.38. The van der Waals surface area contributed by atoms with E-state index >= 15 is 0 Å². The van der Waals surface area contributed by atoms with Crippen LogP contribution >= 0.6 is 0 Å². The van der Waals surface area contributed by atoms with Gasteiger partial charge in [-0.3, -0.25) is 4.98 Å². The lowest BCUT2D eigenvalue weighted by Crippen LogP contribution is -2.12. The molecule has 0 aromatic carbocycles. The lowest BCUT2D eigenvalue weighted by molar-refractivity contribution is 0.738. The van der Waals surface area contributed by atoms with Crippen LogP contribution < -0.4 is 5.32 Å². The molecule has 0 aliphatic rings. The standard InChI is InChI=1S/C12H16N4/c1-13-6-5-11-12(15-9-16(11)2)10-3-7-14-8-4-10/h3-4,7-9,13H,5-6H2,1-2H3. The summed E-state index contributed by atoms with van der Waals surface area (Å²) in [4.78, 5) is 8.47. The highest BCUT2D eigenvalue weighted by Crippen LogP contribution is 2.20. The van der Waals surface area contributed by atoms with E-state index in [1.54, 1.807) is 12.4 Å². The van der Waals surface area contributed by atoms with Gasteiger partial charge in [0.05, 0.1) is 12.0 Å². The average Bonchev–Trinajstić information content (AvgIpc) is 2.69. The molecule has 2 aromatic rings. The zero-order valence-corrected chi connectivity index (χ0v) is 9.64. The van der Waals surface area contributed by atoms with E-state index < -0.39 is 0 Å². The lowest BCUT2D eigenvalue weighted by Gasteiger charge is -2.05. The molecule has 16 heavy (non-hydrogen) atoms. The van der Waals surface area contributed by atoms with E-state index in [4.69, 9.17) is 0 Å². The van der Waals surface area contributed by atoms with Crippen LogP contribution in [0.25, 0.3) is 11.3 Å². The molecule has 1 N–H and O–H groups in total. The van der Waals surface area contributed by atoms with Crippen LogP contribution in [0.5, 0.6) is 0 Å². The Balaban J connectivity index is 2.34. The van der Waals surface area contributed by atoms with Gasteiger partial charge in [0.25, 0.3) is 0 Å². The normalized spacial score (nSPS) is 10.6. The van der Waals surface area contributed by atoms with Crippen LogP contribution in [0, 0.1) is 0 Å². The van der Waals surface area contributed by atoms with Gasteiger partial charge >= 0.3 is 0 Å². The number of nitrogens with zero attached hydrogens (tertiary/aromatic N) is 3. The molecule has 2 heterocycles. The van der Waals surface area contributed by atoms with Crippen LogP contribution in [-0.2, 0) is 13.5 Å². The summed E-state index contributed by atoms with van der Waals surface area (Å²) in [7, 11) is 3.99. The van der Waals surface area contributed by atoms with Gasteiger partial charge in [0.15, 0.2) is 0 Å². The summed E-state index contributed by atoms with van der Waals surface area (Å²) in [6.45, 7) is 0.956. The van der Waals surface area contributed by atoms with Crippen molar-refractivity contribution in [1.29, 1.82) is 0 Å². The molecule has 0 saturated carbocycles. The smallest absolute Gasteiger partial charge is 0.0953 e. The Kier molecular flexibility index (Phi) is 3.31. The molecule has 0 spiro atoms. The zero-order chi connectivity index (χ0) is 11.4. The molecule has 4 nitrogen and oxygen atoms in total. The number of hydrogen-bond donors (Lipinski definition) is 1. The number of hydrogen-bond acceptors (Lipinski definition) is 3. The second-order valence-corrected chi connectivity index (χ2v) is 3.74. The van der Waals surface area contributed by atoms with Gasteiger partial charge in [-0.15, -0.1) is 0 Å². The summed E-state index contributed by atoms with van der Waals surface area (Å²) in [6.07, 6.45) is 6.43. The number of imidazole rings is 1. The summed E-state index contributed by atoms with van der Waals surface area (Å²) in [5.41, 5.74) is 3.43. The van der Waals surface area contributed by atoms with E-state index in [1.807, 2.05) is 32.6 Å². The summed E-state index contributed by atoms with van der Waals surface area (Å²) < 4.78 is 2.08. The van der Waals surface area contributed by atoms with Gasteiger partial charge in [-0.05, 0) is 19.2 Å². The number of pyridine rings is 1. The minimum absolute atomic E-state index is 0.956. The fourth-order valence-electron chi connectivity index (χ4n) is 1.74. The van der Waals surface area contributed by atoms with Gasteiger partial charge in [-0.1, -0.05) is 0 Å². The van der Waals surface area contributed by atoms with Crippen molar-refractivity contribution in [3.05, 3.63) is 36.5 Å². The van der Waals surface area contributed by atoms with E-state index in [0.29, 0.717) is 0 Å². The molecule has 0 atom stereocenters. The van der Waals surface area contributed by atoms with Crippen molar-refractivity contribution in [3.63, 3.8) is 0 Å². The van der Waals surface area contributed by atoms with Gasteiger partial charge in [-0.25, -0.2) is 4.98 Å². The van der Waals surface area contributed by atoms with Crippen molar-refractivity contribution in [1.82, 2.24) is 19.9 Å². The third kappa shape index (κ3) is 2.12. The molecule has 0 aliphatic carbocycles. The Morgan fingerprint density at radius 2 is 2.06 bits per heavy atom. The number of nitrogens with one attached hydrogen (secondary N) is 1. The van der Waals surface area contributed by atoms with Gasteiger partial charge in [0, 0.05) is 43.7 Å². The van der Waals surface area contributed by atoms with Crippen molar-refractivity contribution in [2.75, 3.05) is 13.6 Å². The minimum Gasteiger partial charge on any atom is -0.337 e. The molecule has 0 fully saturated rings. The van der Waals surface area contributed by atoms with E-state index in [0.717, 1.165) is 24.2 Å². The Labute approximate surface area is 95.4 Å². The third-order valence-electron chi connectivity index (χ3n) is 2.62. The van der Waals surface area contributed by atoms with Crippen LogP contribution in [0.15, 0.2) is 30.9 Å². The first kappa shape index (κ1) is 10.8. The van der Waals surface area contributed by atoms with Gasteiger partial charge in [0.2, 0.25) is 0 Å². The predicted octanol–water partition coefficient (Wildman–Crippen LogP) is 1.24. The molecule has 2 rings (SSSR count). The first-order valence-corrected chi connectivity index (χ1v) is 5.38. The molecule has 0 unspecified atom stereocenters. The largest absolute Gasteiger partial charge is 0.337 e. The molecule has 0 saturated heterocycles. The zero-order valence-electron chi connectivity index (χ0n) is 9.64. The van der Waals surface area contributed by atoms with Crippen LogP contribution in [0.3, 0.4) is 0 Å². The van der Waals surface area contributed by atoms with Crippen molar-refractivity contribution < 1.29 is 0 Å². The van der Waals surface area contributed by atoms with Crippen molar-refractivity contribution >= 4 is 0 Å². The maximum absolute atomic E-state index is 4.45. The van der Waals surface area contributed by atoms with E-state index in [-0.39, 0.29) is 0 Å². The first-order chi connectivity index (χ1) is 7.83. The molecule has 0 amide bonds. The van der Waals surface area contributed by atoms with Crippen molar-refractivity contribution in [2.45, 2.75) is 6.42 Å². The Hall–Kier alpha value is -1.68. The van der Waals surface area contributed by atoms with Gasteiger partial charge in [0.1, 0.15) is 0 Å². The second kappa shape index (κ2) is 4.90. The molecule has 0 aliphatic heterocycles. The Morgan fingerprint density at radius 1 is 1.31 bits per heavy atom. The van der Waals surface area contributed by atoms with Crippen LogP contribution in [0.2, 0.25) is 0 Å². The summed E-state index contributed by atoms with van der Waals surface area (Å²) in [5, 5.41) is 3.16. The fourth-order valence-corrected chi connectivity index (χ4v) is 1.74. The summed E-state index contributed by atoms with van der Waals surface area (Å²) in [6, 6.07) is 3.98. The number of likely N-dealkylation sites (N-methyl/N-ethyl adjacent to an activating group) is 1. The quantitative estimate of drug-likeness (QED) is 0.836. The highest BCUT2D eigenvalue weighted by Gasteiger charge is 2.09.